The van der Waals surface area contributed by atoms with Crippen LogP contribution in [0.25, 0.3) is 0 Å². The maximum absolute atomic E-state index is 10.8. The Hall–Kier alpha value is -0.770. The van der Waals surface area contributed by atoms with Crippen molar-refractivity contribution in [3.63, 3.8) is 0 Å². The van der Waals surface area contributed by atoms with Crippen LogP contribution in [0.1, 0.15) is 59.3 Å². The fourth-order valence-corrected chi connectivity index (χ4v) is 2.73. The second-order valence-electron chi connectivity index (χ2n) is 6.57. The van der Waals surface area contributed by atoms with Crippen molar-refractivity contribution in [1.29, 1.82) is 0 Å². The molecule has 0 heterocycles. The zero-order valence-electron chi connectivity index (χ0n) is 11.8. The van der Waals surface area contributed by atoms with Crippen molar-refractivity contribution in [2.75, 3.05) is 0 Å². The molecule has 1 rings (SSSR count). The van der Waals surface area contributed by atoms with Gasteiger partial charge in [0.1, 0.15) is 0 Å². The summed E-state index contributed by atoms with van der Waals surface area (Å²) in [6.45, 7) is 6.00. The van der Waals surface area contributed by atoms with E-state index in [0.29, 0.717) is 12.3 Å². The van der Waals surface area contributed by atoms with Crippen molar-refractivity contribution in [3.8, 4) is 0 Å². The van der Waals surface area contributed by atoms with Crippen LogP contribution in [0.2, 0.25) is 0 Å². The first-order chi connectivity index (χ1) is 8.30. The molecule has 0 saturated heterocycles. The van der Waals surface area contributed by atoms with Crippen molar-refractivity contribution < 1.29 is 15.0 Å². The minimum absolute atomic E-state index is 0.173. The van der Waals surface area contributed by atoms with Gasteiger partial charge in [-0.2, -0.15) is 0 Å². The first-order valence-electron chi connectivity index (χ1n) is 6.98. The standard InChI is InChI=1S/C14H27NO3/c1-14(2,3)12(15-13(17)18)9-11(16)10-7-5-4-6-8-10/h10-12,15-16H,4-9H2,1-3H3,(H,17,18). The van der Waals surface area contributed by atoms with Gasteiger partial charge in [-0.3, -0.25) is 0 Å². The third kappa shape index (κ3) is 4.84. The highest BCUT2D eigenvalue weighted by atomic mass is 16.4. The van der Waals surface area contributed by atoms with Gasteiger partial charge in [-0.1, -0.05) is 40.0 Å². The van der Waals surface area contributed by atoms with Crippen molar-refractivity contribution in [3.05, 3.63) is 0 Å². The molecule has 2 unspecified atom stereocenters. The molecule has 0 aliphatic heterocycles. The number of rotatable bonds is 4. The SMILES string of the molecule is CC(C)(C)C(CC(O)C1CCCCC1)NC(=O)O. The van der Waals surface area contributed by atoms with Crippen LogP contribution >= 0.6 is 0 Å². The van der Waals surface area contributed by atoms with Gasteiger partial charge in [-0.15, -0.1) is 0 Å². The molecule has 1 amide bonds. The number of aliphatic hydroxyl groups excluding tert-OH is 1. The minimum Gasteiger partial charge on any atom is -0.465 e. The molecular weight excluding hydrogens is 230 g/mol. The van der Waals surface area contributed by atoms with Gasteiger partial charge in [0, 0.05) is 6.04 Å². The van der Waals surface area contributed by atoms with Crippen LogP contribution in [0.5, 0.6) is 0 Å². The Kier molecular flexibility index (Phi) is 5.45. The van der Waals surface area contributed by atoms with Gasteiger partial charge in [0.05, 0.1) is 6.10 Å². The molecule has 0 bridgehead atoms. The lowest BCUT2D eigenvalue weighted by Crippen LogP contribution is -2.46. The summed E-state index contributed by atoms with van der Waals surface area (Å²) < 4.78 is 0. The van der Waals surface area contributed by atoms with E-state index in [2.05, 4.69) is 5.32 Å². The highest BCUT2D eigenvalue weighted by molar-refractivity contribution is 5.64. The number of aliphatic hydroxyl groups is 1. The fraction of sp³-hybridized carbons (Fsp3) is 0.929. The second-order valence-corrected chi connectivity index (χ2v) is 6.57. The molecule has 18 heavy (non-hydrogen) atoms. The zero-order valence-corrected chi connectivity index (χ0v) is 11.8. The topological polar surface area (TPSA) is 69.6 Å². The lowest BCUT2D eigenvalue weighted by molar-refractivity contribution is 0.0523. The Balaban J connectivity index is 2.55. The zero-order chi connectivity index (χ0) is 13.8. The molecule has 0 aromatic rings. The largest absolute Gasteiger partial charge is 0.465 e. The van der Waals surface area contributed by atoms with Gasteiger partial charge in [0.25, 0.3) is 0 Å². The summed E-state index contributed by atoms with van der Waals surface area (Å²) in [6.07, 6.45) is 4.91. The number of hydrogen-bond acceptors (Lipinski definition) is 2. The second kappa shape index (κ2) is 6.41. The predicted molar refractivity (Wildman–Crippen MR) is 71.6 cm³/mol. The van der Waals surface area contributed by atoms with E-state index < -0.39 is 6.09 Å². The maximum atomic E-state index is 10.8. The molecule has 2 atom stereocenters. The quantitative estimate of drug-likeness (QED) is 0.725. The summed E-state index contributed by atoms with van der Waals surface area (Å²) in [4.78, 5) is 10.8. The average Bonchev–Trinajstić information content (AvgIpc) is 2.27. The van der Waals surface area contributed by atoms with E-state index in [-0.39, 0.29) is 17.6 Å². The van der Waals surface area contributed by atoms with E-state index in [4.69, 9.17) is 5.11 Å². The van der Waals surface area contributed by atoms with Crippen LogP contribution in [-0.4, -0.2) is 28.5 Å². The molecule has 4 heteroatoms. The molecule has 3 N–H and O–H groups in total. The van der Waals surface area contributed by atoms with E-state index in [1.54, 1.807) is 0 Å². The Labute approximate surface area is 110 Å². The van der Waals surface area contributed by atoms with Crippen LogP contribution in [0.15, 0.2) is 0 Å². The van der Waals surface area contributed by atoms with Crippen LogP contribution in [0.4, 0.5) is 4.79 Å². The van der Waals surface area contributed by atoms with E-state index in [1.807, 2.05) is 20.8 Å². The van der Waals surface area contributed by atoms with E-state index >= 15 is 0 Å². The normalized spacial score (nSPS) is 21.3. The molecule has 1 aliphatic carbocycles. The molecule has 0 spiro atoms. The highest BCUT2D eigenvalue weighted by Crippen LogP contribution is 2.31. The summed E-state index contributed by atoms with van der Waals surface area (Å²) >= 11 is 0. The number of carbonyl (C=O) groups is 1. The molecule has 1 saturated carbocycles. The smallest absolute Gasteiger partial charge is 0.404 e. The summed E-state index contributed by atoms with van der Waals surface area (Å²) in [5.74, 6) is 0.346. The Morgan fingerprint density at radius 1 is 1.28 bits per heavy atom. The van der Waals surface area contributed by atoms with Gasteiger partial charge in [0.15, 0.2) is 0 Å². The number of nitrogens with one attached hydrogen (secondary N) is 1. The van der Waals surface area contributed by atoms with E-state index in [1.165, 1.54) is 19.3 Å². The van der Waals surface area contributed by atoms with Crippen molar-refractivity contribution in [1.82, 2.24) is 5.32 Å². The van der Waals surface area contributed by atoms with Crippen molar-refractivity contribution in [2.24, 2.45) is 11.3 Å². The van der Waals surface area contributed by atoms with Crippen LogP contribution in [0.3, 0.4) is 0 Å². The van der Waals surface area contributed by atoms with Gasteiger partial charge < -0.3 is 15.5 Å². The molecule has 0 radical (unpaired) electrons. The third-order valence-corrected chi connectivity index (χ3v) is 4.01. The molecule has 4 nitrogen and oxygen atoms in total. The summed E-state index contributed by atoms with van der Waals surface area (Å²) in [7, 11) is 0. The molecule has 0 aromatic carbocycles. The molecule has 0 aromatic heterocycles. The Bertz CT molecular complexity index is 267. The summed E-state index contributed by atoms with van der Waals surface area (Å²) in [5.41, 5.74) is -0.173. The average molecular weight is 257 g/mol. The maximum Gasteiger partial charge on any atom is 0.404 e. The molecule has 1 fully saturated rings. The summed E-state index contributed by atoms with van der Waals surface area (Å²) in [5, 5.41) is 21.7. The molecular formula is C14H27NO3. The lowest BCUT2D eigenvalue weighted by atomic mass is 9.78. The number of carboxylic acid groups (broad SMARTS) is 1. The number of amides is 1. The fourth-order valence-electron chi connectivity index (χ4n) is 2.73. The van der Waals surface area contributed by atoms with Crippen molar-refractivity contribution in [2.45, 2.75) is 71.4 Å². The van der Waals surface area contributed by atoms with E-state index in [0.717, 1.165) is 12.8 Å². The Morgan fingerprint density at radius 2 is 1.83 bits per heavy atom. The summed E-state index contributed by atoms with van der Waals surface area (Å²) in [6, 6.07) is -0.202. The van der Waals surface area contributed by atoms with Crippen LogP contribution in [0, 0.1) is 11.3 Å². The molecule has 106 valence electrons. The monoisotopic (exact) mass is 257 g/mol. The highest BCUT2D eigenvalue weighted by Gasteiger charge is 2.31. The number of hydrogen-bond donors (Lipinski definition) is 3. The minimum atomic E-state index is -1.01. The van der Waals surface area contributed by atoms with Gasteiger partial charge in [-0.05, 0) is 30.6 Å². The van der Waals surface area contributed by atoms with Gasteiger partial charge in [0.2, 0.25) is 0 Å². The predicted octanol–water partition coefficient (Wildman–Crippen LogP) is 3.00. The van der Waals surface area contributed by atoms with Crippen molar-refractivity contribution >= 4 is 6.09 Å². The third-order valence-electron chi connectivity index (χ3n) is 4.01. The molecule has 1 aliphatic rings. The first kappa shape index (κ1) is 15.3. The first-order valence-corrected chi connectivity index (χ1v) is 6.98. The van der Waals surface area contributed by atoms with Gasteiger partial charge in [-0.25, -0.2) is 4.79 Å². The van der Waals surface area contributed by atoms with Crippen LogP contribution in [-0.2, 0) is 0 Å². The van der Waals surface area contributed by atoms with E-state index in [9.17, 15) is 9.90 Å². The Morgan fingerprint density at radius 3 is 2.28 bits per heavy atom. The van der Waals surface area contributed by atoms with Gasteiger partial charge >= 0.3 is 6.09 Å². The van der Waals surface area contributed by atoms with Crippen LogP contribution < -0.4 is 5.32 Å². The lowest BCUT2D eigenvalue weighted by Gasteiger charge is -2.35.